The second kappa shape index (κ2) is 5.53. The third-order valence-electron chi connectivity index (χ3n) is 2.41. The van der Waals surface area contributed by atoms with Gasteiger partial charge in [-0.25, -0.2) is 0 Å². The fourth-order valence-corrected chi connectivity index (χ4v) is 1.56. The number of ketones is 1. The van der Waals surface area contributed by atoms with Gasteiger partial charge in [-0.05, 0) is 12.8 Å². The molecule has 0 aliphatic carbocycles. The highest BCUT2D eigenvalue weighted by molar-refractivity contribution is 5.78. The molecule has 4 nitrogen and oxygen atoms in total. The molecule has 0 bridgehead atoms. The molecule has 0 aliphatic rings. The van der Waals surface area contributed by atoms with Crippen LogP contribution in [0, 0.1) is 0 Å². The number of ether oxygens (including phenoxy) is 1. The van der Waals surface area contributed by atoms with Crippen LogP contribution in [0.3, 0.4) is 0 Å². The molecule has 1 aromatic heterocycles. The summed E-state index contributed by atoms with van der Waals surface area (Å²) in [4.78, 5) is 11.4. The lowest BCUT2D eigenvalue weighted by molar-refractivity contribution is -0.119. The molecule has 0 radical (unpaired) electrons. The summed E-state index contributed by atoms with van der Waals surface area (Å²) in [5, 5.41) is 4.09. The first-order valence-electron chi connectivity index (χ1n) is 5.25. The van der Waals surface area contributed by atoms with E-state index in [9.17, 15) is 4.79 Å². The number of carbonyl (C=O) groups is 1. The average Bonchev–Trinajstić information content (AvgIpc) is 2.57. The zero-order valence-corrected chi connectivity index (χ0v) is 9.62. The Balaban J connectivity index is 2.56. The Morgan fingerprint density at radius 3 is 2.87 bits per heavy atom. The van der Waals surface area contributed by atoms with Crippen LogP contribution in [0.4, 0.5) is 0 Å². The molecule has 1 rings (SSSR count). The van der Waals surface area contributed by atoms with Gasteiger partial charge in [0.1, 0.15) is 5.78 Å². The molecule has 0 spiro atoms. The summed E-state index contributed by atoms with van der Waals surface area (Å²) in [6.45, 7) is 2.02. The molecule has 1 heterocycles. The highest BCUT2D eigenvalue weighted by Gasteiger charge is 2.10. The maximum Gasteiger partial charge on any atom is 0.159 e. The quantitative estimate of drug-likeness (QED) is 0.718. The molecule has 0 saturated carbocycles. The number of aryl methyl sites for hydroxylation is 1. The van der Waals surface area contributed by atoms with Crippen molar-refractivity contribution in [2.24, 2.45) is 7.05 Å². The van der Waals surface area contributed by atoms with Gasteiger partial charge in [0.25, 0.3) is 0 Å². The van der Waals surface area contributed by atoms with Crippen LogP contribution in [0.15, 0.2) is 6.20 Å². The van der Waals surface area contributed by atoms with Crippen molar-refractivity contribution in [1.29, 1.82) is 0 Å². The number of carbonyl (C=O) groups excluding carboxylic acids is 1. The van der Waals surface area contributed by atoms with E-state index in [0.29, 0.717) is 25.0 Å². The Hall–Kier alpha value is -1.32. The van der Waals surface area contributed by atoms with Gasteiger partial charge in [-0.2, -0.15) is 5.10 Å². The van der Waals surface area contributed by atoms with E-state index in [0.717, 1.165) is 17.9 Å². The van der Waals surface area contributed by atoms with Gasteiger partial charge in [0.05, 0.1) is 19.0 Å². The predicted octanol–water partition coefficient (Wildman–Crippen LogP) is 1.73. The molecule has 0 amide bonds. The fourth-order valence-electron chi connectivity index (χ4n) is 1.56. The van der Waals surface area contributed by atoms with Crippen LogP contribution in [-0.2, 0) is 18.3 Å². The van der Waals surface area contributed by atoms with Crippen LogP contribution >= 0.6 is 0 Å². The van der Waals surface area contributed by atoms with E-state index >= 15 is 0 Å². The summed E-state index contributed by atoms with van der Waals surface area (Å²) in [6, 6.07) is 0. The molecule has 4 heteroatoms. The minimum absolute atomic E-state index is 0.306. The van der Waals surface area contributed by atoms with Crippen molar-refractivity contribution in [3.8, 4) is 5.75 Å². The molecular formula is C11H18N2O2. The zero-order chi connectivity index (χ0) is 11.3. The monoisotopic (exact) mass is 210 g/mol. The minimum Gasteiger partial charge on any atom is -0.493 e. The molecule has 0 unspecified atom stereocenters. The van der Waals surface area contributed by atoms with E-state index in [1.54, 1.807) is 18.0 Å². The summed E-state index contributed by atoms with van der Waals surface area (Å²) in [5.74, 6) is 1.07. The lowest BCUT2D eigenvalue weighted by Gasteiger charge is -2.04. The standard InChI is InChI=1S/C11H18N2O2/c1-4-5-9(14)6-7-10-11(15-3)8-12-13(10)2/h8H,4-7H2,1-3H3. The Labute approximate surface area is 90.2 Å². The third-order valence-corrected chi connectivity index (χ3v) is 2.41. The highest BCUT2D eigenvalue weighted by Crippen LogP contribution is 2.18. The van der Waals surface area contributed by atoms with Gasteiger partial charge in [-0.3, -0.25) is 9.48 Å². The van der Waals surface area contributed by atoms with E-state index in [1.165, 1.54) is 0 Å². The van der Waals surface area contributed by atoms with Crippen LogP contribution in [0.25, 0.3) is 0 Å². The Morgan fingerprint density at radius 2 is 2.27 bits per heavy atom. The van der Waals surface area contributed by atoms with Crippen molar-refractivity contribution in [3.63, 3.8) is 0 Å². The van der Waals surface area contributed by atoms with Gasteiger partial charge in [-0.15, -0.1) is 0 Å². The molecular weight excluding hydrogens is 192 g/mol. The van der Waals surface area contributed by atoms with Crippen molar-refractivity contribution in [1.82, 2.24) is 9.78 Å². The average molecular weight is 210 g/mol. The number of Topliss-reactive ketones (excluding diaryl/α,β-unsaturated/α-hetero) is 1. The molecule has 15 heavy (non-hydrogen) atoms. The van der Waals surface area contributed by atoms with Crippen LogP contribution in [0.5, 0.6) is 5.75 Å². The van der Waals surface area contributed by atoms with Crippen molar-refractivity contribution < 1.29 is 9.53 Å². The first kappa shape index (κ1) is 11.8. The summed E-state index contributed by atoms with van der Waals surface area (Å²) in [5.41, 5.74) is 0.988. The molecule has 0 aliphatic heterocycles. The minimum atomic E-state index is 0.306. The van der Waals surface area contributed by atoms with Crippen molar-refractivity contribution in [2.45, 2.75) is 32.6 Å². The smallest absolute Gasteiger partial charge is 0.159 e. The normalized spacial score (nSPS) is 10.3. The fraction of sp³-hybridized carbons (Fsp3) is 0.636. The number of rotatable bonds is 6. The zero-order valence-electron chi connectivity index (χ0n) is 9.62. The van der Waals surface area contributed by atoms with Gasteiger partial charge in [-0.1, -0.05) is 6.92 Å². The van der Waals surface area contributed by atoms with Gasteiger partial charge >= 0.3 is 0 Å². The van der Waals surface area contributed by atoms with E-state index in [2.05, 4.69) is 5.10 Å². The van der Waals surface area contributed by atoms with Crippen molar-refractivity contribution >= 4 is 5.78 Å². The number of methoxy groups -OCH3 is 1. The van der Waals surface area contributed by atoms with Gasteiger partial charge in [0, 0.05) is 19.9 Å². The maximum absolute atomic E-state index is 11.4. The van der Waals surface area contributed by atoms with Gasteiger partial charge in [0.15, 0.2) is 5.75 Å². The van der Waals surface area contributed by atoms with Crippen LogP contribution in [0.1, 0.15) is 31.9 Å². The van der Waals surface area contributed by atoms with Crippen LogP contribution in [-0.4, -0.2) is 22.7 Å². The first-order valence-corrected chi connectivity index (χ1v) is 5.25. The van der Waals surface area contributed by atoms with E-state index in [1.807, 2.05) is 14.0 Å². The van der Waals surface area contributed by atoms with Crippen molar-refractivity contribution in [3.05, 3.63) is 11.9 Å². The largest absolute Gasteiger partial charge is 0.493 e. The number of hydrogen-bond acceptors (Lipinski definition) is 3. The van der Waals surface area contributed by atoms with E-state index < -0.39 is 0 Å². The summed E-state index contributed by atoms with van der Waals surface area (Å²) in [6.07, 6.45) is 4.55. The number of aromatic nitrogens is 2. The molecule has 0 N–H and O–H groups in total. The second-order valence-electron chi connectivity index (χ2n) is 3.57. The number of nitrogens with zero attached hydrogens (tertiary/aromatic N) is 2. The Bertz CT molecular complexity index is 331. The van der Waals surface area contributed by atoms with Gasteiger partial charge < -0.3 is 4.74 Å². The molecule has 0 fully saturated rings. The van der Waals surface area contributed by atoms with Gasteiger partial charge in [0.2, 0.25) is 0 Å². The summed E-state index contributed by atoms with van der Waals surface area (Å²) in [7, 11) is 3.48. The summed E-state index contributed by atoms with van der Waals surface area (Å²) < 4.78 is 6.93. The lowest BCUT2D eigenvalue weighted by Crippen LogP contribution is -2.04. The van der Waals surface area contributed by atoms with E-state index in [4.69, 9.17) is 4.74 Å². The SMILES string of the molecule is CCCC(=O)CCc1c(OC)cnn1C. The van der Waals surface area contributed by atoms with Crippen molar-refractivity contribution in [2.75, 3.05) is 7.11 Å². The second-order valence-corrected chi connectivity index (χ2v) is 3.57. The first-order chi connectivity index (χ1) is 7.19. The Kier molecular flexibility index (Phi) is 4.34. The predicted molar refractivity (Wildman–Crippen MR) is 58.0 cm³/mol. The molecule has 1 aromatic rings. The molecule has 84 valence electrons. The molecule has 0 aromatic carbocycles. The van der Waals surface area contributed by atoms with Crippen LogP contribution < -0.4 is 4.74 Å². The third kappa shape index (κ3) is 3.08. The maximum atomic E-state index is 11.4. The van der Waals surface area contributed by atoms with E-state index in [-0.39, 0.29) is 0 Å². The number of hydrogen-bond donors (Lipinski definition) is 0. The highest BCUT2D eigenvalue weighted by atomic mass is 16.5. The Morgan fingerprint density at radius 1 is 1.53 bits per heavy atom. The lowest BCUT2D eigenvalue weighted by atomic mass is 10.1. The molecule has 0 saturated heterocycles. The van der Waals surface area contributed by atoms with Crippen LogP contribution in [0.2, 0.25) is 0 Å². The molecule has 0 atom stereocenters. The topological polar surface area (TPSA) is 44.1 Å². The summed E-state index contributed by atoms with van der Waals surface area (Å²) >= 11 is 0.